The van der Waals surface area contributed by atoms with Gasteiger partial charge in [0, 0.05) is 34.7 Å². The Morgan fingerprint density at radius 3 is 2.80 bits per heavy atom. The summed E-state index contributed by atoms with van der Waals surface area (Å²) in [6.07, 6.45) is 2.45. The van der Waals surface area contributed by atoms with E-state index in [1.807, 2.05) is 0 Å². The minimum Gasteiger partial charge on any atom is -0.369 e. The summed E-state index contributed by atoms with van der Waals surface area (Å²) >= 11 is 3.65. The van der Waals surface area contributed by atoms with E-state index in [1.54, 1.807) is 0 Å². The van der Waals surface area contributed by atoms with E-state index < -0.39 is 0 Å². The Hall–Kier alpha value is -1.06. The predicted octanol–water partition coefficient (Wildman–Crippen LogP) is 4.18. The fourth-order valence-electron chi connectivity index (χ4n) is 3.02. The van der Waals surface area contributed by atoms with Crippen molar-refractivity contribution >= 4 is 32.4 Å². The maximum Gasteiger partial charge on any atom is 0.0447 e. The molecule has 1 heterocycles. The third-order valence-electron chi connectivity index (χ3n) is 4.06. The highest BCUT2D eigenvalue weighted by atomic mass is 79.9. The van der Waals surface area contributed by atoms with Crippen molar-refractivity contribution in [2.24, 2.45) is 0 Å². The summed E-state index contributed by atoms with van der Waals surface area (Å²) in [5, 5.41) is 6.29. The smallest absolute Gasteiger partial charge is 0.0447 e. The maximum atomic E-state index is 3.65. The highest BCUT2D eigenvalue weighted by Crippen LogP contribution is 2.33. The molecule has 1 fully saturated rings. The summed E-state index contributed by atoms with van der Waals surface area (Å²) in [5.74, 6) is 0. The molecule has 1 N–H and O–H groups in total. The topological polar surface area (TPSA) is 15.3 Å². The van der Waals surface area contributed by atoms with Crippen LogP contribution < -0.4 is 10.2 Å². The lowest BCUT2D eigenvalue weighted by atomic mass is 10.1. The van der Waals surface area contributed by atoms with Gasteiger partial charge in [0.1, 0.15) is 0 Å². The van der Waals surface area contributed by atoms with Crippen LogP contribution in [0.15, 0.2) is 40.9 Å². The second-order valence-corrected chi connectivity index (χ2v) is 6.35. The molecule has 0 bridgehead atoms. The zero-order valence-electron chi connectivity index (χ0n) is 11.9. The van der Waals surface area contributed by atoms with Crippen LogP contribution in [0.4, 0.5) is 5.69 Å². The minimum absolute atomic E-state index is 0.636. The van der Waals surface area contributed by atoms with E-state index in [2.05, 4.69) is 69.5 Å². The SMILES string of the molecule is CCCNC1CCN(c2ccc(Br)c3ccccc23)C1. The molecule has 2 aromatic carbocycles. The molecule has 0 amide bonds. The lowest BCUT2D eigenvalue weighted by Crippen LogP contribution is -2.32. The van der Waals surface area contributed by atoms with Crippen LogP contribution in [0.3, 0.4) is 0 Å². The average Bonchev–Trinajstić information content (AvgIpc) is 2.94. The first-order valence-corrected chi connectivity index (χ1v) is 8.24. The van der Waals surface area contributed by atoms with Crippen molar-refractivity contribution < 1.29 is 0 Å². The molecule has 1 aliphatic rings. The molecule has 1 unspecified atom stereocenters. The molecule has 0 saturated carbocycles. The average molecular weight is 333 g/mol. The third kappa shape index (κ3) is 2.70. The Labute approximate surface area is 129 Å². The lowest BCUT2D eigenvalue weighted by Gasteiger charge is -2.21. The summed E-state index contributed by atoms with van der Waals surface area (Å²) in [4.78, 5) is 2.52. The number of rotatable bonds is 4. The van der Waals surface area contributed by atoms with Crippen molar-refractivity contribution in [1.29, 1.82) is 0 Å². The standard InChI is InChI=1S/C17H21BrN2/c1-2-10-19-13-9-11-20(12-13)17-8-7-16(18)14-5-3-4-6-15(14)17/h3-8,13,19H,2,9-12H2,1H3. The van der Waals surface area contributed by atoms with Crippen molar-refractivity contribution in [3.63, 3.8) is 0 Å². The molecule has 20 heavy (non-hydrogen) atoms. The van der Waals surface area contributed by atoms with Gasteiger partial charge in [0.15, 0.2) is 0 Å². The third-order valence-corrected chi connectivity index (χ3v) is 4.75. The van der Waals surface area contributed by atoms with Gasteiger partial charge in [-0.3, -0.25) is 0 Å². The van der Waals surface area contributed by atoms with E-state index >= 15 is 0 Å². The number of benzene rings is 2. The Morgan fingerprint density at radius 2 is 2.00 bits per heavy atom. The number of anilines is 1. The first kappa shape index (κ1) is 13.9. The van der Waals surface area contributed by atoms with Crippen molar-refractivity contribution in [3.05, 3.63) is 40.9 Å². The molecule has 3 rings (SSSR count). The van der Waals surface area contributed by atoms with Gasteiger partial charge < -0.3 is 10.2 Å². The van der Waals surface area contributed by atoms with Crippen LogP contribution in [0.2, 0.25) is 0 Å². The normalized spacial score (nSPS) is 18.9. The summed E-state index contributed by atoms with van der Waals surface area (Å²) in [6.45, 7) is 5.61. The number of hydrogen-bond donors (Lipinski definition) is 1. The van der Waals surface area contributed by atoms with Crippen LogP contribution >= 0.6 is 15.9 Å². The highest BCUT2D eigenvalue weighted by Gasteiger charge is 2.23. The number of fused-ring (bicyclic) bond motifs is 1. The van der Waals surface area contributed by atoms with Crippen molar-refractivity contribution in [2.75, 3.05) is 24.5 Å². The largest absolute Gasteiger partial charge is 0.369 e. The van der Waals surface area contributed by atoms with Crippen LogP contribution in [0, 0.1) is 0 Å². The van der Waals surface area contributed by atoms with E-state index in [4.69, 9.17) is 0 Å². The Kier molecular flexibility index (Phi) is 4.27. The highest BCUT2D eigenvalue weighted by molar-refractivity contribution is 9.10. The van der Waals surface area contributed by atoms with Gasteiger partial charge in [-0.1, -0.05) is 47.1 Å². The molecular weight excluding hydrogens is 312 g/mol. The summed E-state index contributed by atoms with van der Waals surface area (Å²) in [6, 6.07) is 13.7. The van der Waals surface area contributed by atoms with Gasteiger partial charge >= 0.3 is 0 Å². The Balaban J connectivity index is 1.86. The molecule has 0 aromatic heterocycles. The van der Waals surface area contributed by atoms with E-state index in [0.29, 0.717) is 6.04 Å². The van der Waals surface area contributed by atoms with Crippen LogP contribution in [-0.4, -0.2) is 25.7 Å². The zero-order valence-corrected chi connectivity index (χ0v) is 13.5. The molecule has 3 heteroatoms. The first-order valence-electron chi connectivity index (χ1n) is 7.45. The quantitative estimate of drug-likeness (QED) is 0.903. The molecule has 1 atom stereocenters. The number of hydrogen-bond acceptors (Lipinski definition) is 2. The minimum atomic E-state index is 0.636. The second-order valence-electron chi connectivity index (χ2n) is 5.50. The molecule has 2 nitrogen and oxygen atoms in total. The molecule has 106 valence electrons. The summed E-state index contributed by atoms with van der Waals surface area (Å²) in [5.41, 5.74) is 1.37. The number of nitrogens with one attached hydrogen (secondary N) is 1. The monoisotopic (exact) mass is 332 g/mol. The number of halogens is 1. The lowest BCUT2D eigenvalue weighted by molar-refractivity contribution is 0.549. The Bertz CT molecular complexity index is 597. The molecule has 2 aromatic rings. The van der Waals surface area contributed by atoms with Gasteiger partial charge in [-0.25, -0.2) is 0 Å². The second kappa shape index (κ2) is 6.15. The van der Waals surface area contributed by atoms with Crippen molar-refractivity contribution in [1.82, 2.24) is 5.32 Å². The van der Waals surface area contributed by atoms with Crippen LogP contribution in [0.25, 0.3) is 10.8 Å². The maximum absolute atomic E-state index is 3.65. The summed E-state index contributed by atoms with van der Waals surface area (Å²) in [7, 11) is 0. The molecule has 1 saturated heterocycles. The fraction of sp³-hybridized carbons (Fsp3) is 0.412. The molecule has 1 aliphatic heterocycles. The van der Waals surface area contributed by atoms with Gasteiger partial charge in [-0.15, -0.1) is 0 Å². The summed E-state index contributed by atoms with van der Waals surface area (Å²) < 4.78 is 1.18. The molecule has 0 aliphatic carbocycles. The van der Waals surface area contributed by atoms with Crippen LogP contribution in [0.5, 0.6) is 0 Å². The van der Waals surface area contributed by atoms with Gasteiger partial charge in [0.25, 0.3) is 0 Å². The van der Waals surface area contributed by atoms with Crippen LogP contribution in [0.1, 0.15) is 19.8 Å². The van der Waals surface area contributed by atoms with Gasteiger partial charge in [-0.2, -0.15) is 0 Å². The van der Waals surface area contributed by atoms with E-state index in [0.717, 1.165) is 19.6 Å². The zero-order chi connectivity index (χ0) is 13.9. The van der Waals surface area contributed by atoms with E-state index in [9.17, 15) is 0 Å². The molecule has 0 radical (unpaired) electrons. The first-order chi connectivity index (χ1) is 9.79. The van der Waals surface area contributed by atoms with Gasteiger partial charge in [0.2, 0.25) is 0 Å². The predicted molar refractivity (Wildman–Crippen MR) is 90.6 cm³/mol. The van der Waals surface area contributed by atoms with E-state index in [1.165, 1.54) is 33.8 Å². The van der Waals surface area contributed by atoms with Gasteiger partial charge in [-0.05, 0) is 36.9 Å². The fourth-order valence-corrected chi connectivity index (χ4v) is 3.49. The molecule has 0 spiro atoms. The van der Waals surface area contributed by atoms with E-state index in [-0.39, 0.29) is 0 Å². The Morgan fingerprint density at radius 1 is 1.20 bits per heavy atom. The van der Waals surface area contributed by atoms with Crippen LogP contribution in [-0.2, 0) is 0 Å². The molecular formula is C17H21BrN2. The number of nitrogens with zero attached hydrogens (tertiary/aromatic N) is 1. The van der Waals surface area contributed by atoms with Crippen molar-refractivity contribution in [3.8, 4) is 0 Å². The van der Waals surface area contributed by atoms with Gasteiger partial charge in [0.05, 0.1) is 0 Å². The van der Waals surface area contributed by atoms with Crippen molar-refractivity contribution in [2.45, 2.75) is 25.8 Å².